The van der Waals surface area contributed by atoms with Crippen molar-refractivity contribution in [3.8, 4) is 0 Å². The van der Waals surface area contributed by atoms with Gasteiger partial charge >= 0.3 is 0 Å². The molecule has 2 aliphatic rings. The fourth-order valence-corrected chi connectivity index (χ4v) is 4.63. The highest BCUT2D eigenvalue weighted by atomic mass is 127. The lowest BCUT2D eigenvalue weighted by Crippen LogP contribution is -2.49. The number of thioether (sulfide) groups is 1. The standard InChI is InChI=1S/C16H31N3O2S.HI/c1-4-22-16(6-9-21-10-7-16)13-18-15(17-2)19-8-5-14(11-19)12-20-3;/h14H,4-13H2,1-3H3,(H,17,18);1H. The molecule has 2 heterocycles. The number of guanidine groups is 1. The molecule has 2 rings (SSSR count). The number of hydrogen-bond donors (Lipinski definition) is 1. The molecule has 0 aliphatic carbocycles. The molecule has 0 aromatic rings. The second-order valence-corrected chi connectivity index (χ2v) is 7.92. The van der Waals surface area contributed by atoms with Crippen molar-refractivity contribution in [1.29, 1.82) is 0 Å². The minimum absolute atomic E-state index is 0. The molecule has 136 valence electrons. The topological polar surface area (TPSA) is 46.1 Å². The molecule has 2 aliphatic heterocycles. The number of ether oxygens (including phenoxy) is 2. The van der Waals surface area contributed by atoms with Gasteiger partial charge in [-0.1, -0.05) is 6.92 Å². The van der Waals surface area contributed by atoms with Crippen LogP contribution in [0, 0.1) is 5.92 Å². The summed E-state index contributed by atoms with van der Waals surface area (Å²) in [5.74, 6) is 2.83. The molecule has 0 amide bonds. The summed E-state index contributed by atoms with van der Waals surface area (Å²) >= 11 is 2.07. The molecule has 5 nitrogen and oxygen atoms in total. The summed E-state index contributed by atoms with van der Waals surface area (Å²) in [7, 11) is 3.67. The van der Waals surface area contributed by atoms with Crippen molar-refractivity contribution in [3.63, 3.8) is 0 Å². The third-order valence-electron chi connectivity index (χ3n) is 4.62. The third-order valence-corrected chi connectivity index (χ3v) is 6.08. The van der Waals surface area contributed by atoms with E-state index in [0.717, 1.165) is 64.0 Å². The molecule has 23 heavy (non-hydrogen) atoms. The summed E-state index contributed by atoms with van der Waals surface area (Å²) in [4.78, 5) is 6.86. The number of nitrogens with one attached hydrogen (secondary N) is 1. The van der Waals surface area contributed by atoms with E-state index in [-0.39, 0.29) is 24.0 Å². The van der Waals surface area contributed by atoms with E-state index in [1.807, 2.05) is 7.05 Å². The van der Waals surface area contributed by atoms with Gasteiger partial charge in [0.1, 0.15) is 0 Å². The van der Waals surface area contributed by atoms with Crippen LogP contribution in [-0.2, 0) is 9.47 Å². The molecule has 0 radical (unpaired) electrons. The van der Waals surface area contributed by atoms with Gasteiger partial charge in [0.15, 0.2) is 5.96 Å². The highest BCUT2D eigenvalue weighted by molar-refractivity contribution is 14.0. The number of hydrogen-bond acceptors (Lipinski definition) is 4. The van der Waals surface area contributed by atoms with E-state index < -0.39 is 0 Å². The molecule has 0 bridgehead atoms. The number of methoxy groups -OCH3 is 1. The molecule has 0 saturated carbocycles. The molecule has 7 heteroatoms. The van der Waals surface area contributed by atoms with Gasteiger partial charge in [0.25, 0.3) is 0 Å². The van der Waals surface area contributed by atoms with Crippen molar-refractivity contribution < 1.29 is 9.47 Å². The van der Waals surface area contributed by atoms with Gasteiger partial charge in [-0.05, 0) is 25.0 Å². The van der Waals surface area contributed by atoms with Gasteiger partial charge < -0.3 is 19.7 Å². The summed E-state index contributed by atoms with van der Waals surface area (Å²) in [5.41, 5.74) is 0. The van der Waals surface area contributed by atoms with Gasteiger partial charge in [0, 0.05) is 57.7 Å². The van der Waals surface area contributed by atoms with Crippen molar-refractivity contribution in [2.45, 2.75) is 30.9 Å². The van der Waals surface area contributed by atoms with Gasteiger partial charge in [0.2, 0.25) is 0 Å². The van der Waals surface area contributed by atoms with E-state index in [9.17, 15) is 0 Å². The van der Waals surface area contributed by atoms with E-state index in [1.54, 1.807) is 7.11 Å². The van der Waals surface area contributed by atoms with E-state index in [1.165, 1.54) is 6.42 Å². The lowest BCUT2D eigenvalue weighted by molar-refractivity contribution is 0.0780. The Labute approximate surface area is 162 Å². The second-order valence-electron chi connectivity index (χ2n) is 6.19. The Balaban J connectivity index is 0.00000264. The Hall–Kier alpha value is 0.270. The smallest absolute Gasteiger partial charge is 0.193 e. The monoisotopic (exact) mass is 457 g/mol. The van der Waals surface area contributed by atoms with E-state index in [4.69, 9.17) is 9.47 Å². The minimum atomic E-state index is 0. The summed E-state index contributed by atoms with van der Waals surface area (Å²) in [6.45, 7) is 7.95. The van der Waals surface area contributed by atoms with E-state index in [0.29, 0.717) is 10.7 Å². The Morgan fingerprint density at radius 1 is 1.43 bits per heavy atom. The van der Waals surface area contributed by atoms with Crippen molar-refractivity contribution in [2.75, 3.05) is 59.4 Å². The molecule has 0 spiro atoms. The summed E-state index contributed by atoms with van der Waals surface area (Å²) in [6, 6.07) is 0. The number of nitrogens with zero attached hydrogens (tertiary/aromatic N) is 2. The first-order valence-electron chi connectivity index (χ1n) is 8.39. The van der Waals surface area contributed by atoms with Crippen LogP contribution in [0.5, 0.6) is 0 Å². The molecule has 1 unspecified atom stereocenters. The fourth-order valence-electron chi connectivity index (χ4n) is 3.39. The van der Waals surface area contributed by atoms with Crippen LogP contribution in [0.2, 0.25) is 0 Å². The van der Waals surface area contributed by atoms with Gasteiger partial charge in [-0.3, -0.25) is 4.99 Å². The van der Waals surface area contributed by atoms with Gasteiger partial charge in [-0.15, -0.1) is 24.0 Å². The molecule has 1 N–H and O–H groups in total. The van der Waals surface area contributed by atoms with Crippen molar-refractivity contribution in [3.05, 3.63) is 0 Å². The lowest BCUT2D eigenvalue weighted by atomic mass is 9.99. The van der Waals surface area contributed by atoms with Crippen LogP contribution in [0.25, 0.3) is 0 Å². The average molecular weight is 457 g/mol. The van der Waals surface area contributed by atoms with Crippen LogP contribution in [0.1, 0.15) is 26.2 Å². The predicted molar refractivity (Wildman–Crippen MR) is 109 cm³/mol. The van der Waals surface area contributed by atoms with Crippen LogP contribution >= 0.6 is 35.7 Å². The minimum Gasteiger partial charge on any atom is -0.384 e. The van der Waals surface area contributed by atoms with Crippen LogP contribution < -0.4 is 5.32 Å². The zero-order valence-corrected chi connectivity index (χ0v) is 17.8. The first kappa shape index (κ1) is 21.3. The van der Waals surface area contributed by atoms with Crippen molar-refractivity contribution >= 4 is 41.7 Å². The van der Waals surface area contributed by atoms with Gasteiger partial charge in [-0.2, -0.15) is 11.8 Å². The Morgan fingerprint density at radius 2 is 2.17 bits per heavy atom. The van der Waals surface area contributed by atoms with Crippen molar-refractivity contribution in [1.82, 2.24) is 10.2 Å². The summed E-state index contributed by atoms with van der Waals surface area (Å²) < 4.78 is 11.1. The molecule has 1 atom stereocenters. The normalized spacial score (nSPS) is 24.4. The number of aliphatic imine (C=N–C) groups is 1. The number of halogens is 1. The fraction of sp³-hybridized carbons (Fsp3) is 0.938. The summed E-state index contributed by atoms with van der Waals surface area (Å²) in [5, 5.41) is 3.63. The van der Waals surface area contributed by atoms with E-state index in [2.05, 4.69) is 33.9 Å². The molecule has 0 aromatic carbocycles. The molecule has 0 aromatic heterocycles. The highest BCUT2D eigenvalue weighted by Gasteiger charge is 2.33. The predicted octanol–water partition coefficient (Wildman–Crippen LogP) is 2.45. The third kappa shape index (κ3) is 6.25. The van der Waals surface area contributed by atoms with Gasteiger partial charge in [0.05, 0.1) is 6.61 Å². The zero-order valence-electron chi connectivity index (χ0n) is 14.7. The molecule has 2 fully saturated rings. The number of rotatable bonds is 6. The SMILES string of the molecule is CCSC1(CNC(=NC)N2CCC(COC)C2)CCOCC1.I. The molecule has 2 saturated heterocycles. The zero-order chi connectivity index (χ0) is 15.8. The average Bonchev–Trinajstić information content (AvgIpc) is 2.98. The maximum Gasteiger partial charge on any atom is 0.193 e. The largest absolute Gasteiger partial charge is 0.384 e. The quantitative estimate of drug-likeness (QED) is 0.377. The molecular weight excluding hydrogens is 425 g/mol. The van der Waals surface area contributed by atoms with Crippen LogP contribution in [0.4, 0.5) is 0 Å². The second kappa shape index (κ2) is 11.0. The van der Waals surface area contributed by atoms with Crippen molar-refractivity contribution in [2.24, 2.45) is 10.9 Å². The Morgan fingerprint density at radius 3 is 2.78 bits per heavy atom. The number of likely N-dealkylation sites (tertiary alicyclic amines) is 1. The van der Waals surface area contributed by atoms with Crippen LogP contribution in [-0.4, -0.2) is 75.0 Å². The first-order chi connectivity index (χ1) is 10.7. The molecular formula is C16H32IN3O2S. The highest BCUT2D eigenvalue weighted by Crippen LogP contribution is 2.34. The van der Waals surface area contributed by atoms with E-state index >= 15 is 0 Å². The first-order valence-corrected chi connectivity index (χ1v) is 9.38. The van der Waals surface area contributed by atoms with Gasteiger partial charge in [-0.25, -0.2) is 0 Å². The lowest BCUT2D eigenvalue weighted by Gasteiger charge is -2.37. The van der Waals surface area contributed by atoms with Crippen LogP contribution in [0.3, 0.4) is 0 Å². The maximum atomic E-state index is 5.55. The Kier molecular flexibility index (Phi) is 10.2. The summed E-state index contributed by atoms with van der Waals surface area (Å²) in [6.07, 6.45) is 3.45. The Bertz CT molecular complexity index is 360. The maximum absolute atomic E-state index is 5.55. The van der Waals surface area contributed by atoms with Crippen LogP contribution in [0.15, 0.2) is 4.99 Å².